The predicted molar refractivity (Wildman–Crippen MR) is 89.4 cm³/mol. The molecule has 1 N–H and O–H groups in total. The molecule has 8 heteroatoms. The normalized spacial score (nSPS) is 16.0. The summed E-state index contributed by atoms with van der Waals surface area (Å²) in [4.78, 5) is 50.8. The second-order valence-electron chi connectivity index (χ2n) is 5.72. The summed E-state index contributed by atoms with van der Waals surface area (Å²) in [6.07, 6.45) is 2.22. The van der Waals surface area contributed by atoms with Crippen molar-refractivity contribution in [3.63, 3.8) is 0 Å². The molecule has 7 nitrogen and oxygen atoms in total. The third-order valence-corrected chi connectivity index (χ3v) is 4.66. The lowest BCUT2D eigenvalue weighted by Gasteiger charge is -2.17. The van der Waals surface area contributed by atoms with Crippen molar-refractivity contribution in [1.82, 2.24) is 15.1 Å². The Bertz CT molecular complexity index is 629. The fourth-order valence-corrected chi connectivity index (χ4v) is 3.23. The Morgan fingerprint density at radius 1 is 1.25 bits per heavy atom. The smallest absolute Gasteiger partial charge is 0.334 e. The molecule has 1 aliphatic heterocycles. The number of imide groups is 2. The molecule has 0 unspecified atom stereocenters. The Morgan fingerprint density at radius 2 is 1.96 bits per heavy atom. The first-order valence-corrected chi connectivity index (χ1v) is 8.81. The van der Waals surface area contributed by atoms with Gasteiger partial charge in [0.05, 0.1) is 0 Å². The zero-order valence-corrected chi connectivity index (χ0v) is 14.6. The summed E-state index contributed by atoms with van der Waals surface area (Å²) in [5, 5.41) is 4.62. The van der Waals surface area contributed by atoms with Crippen LogP contribution in [0.15, 0.2) is 17.5 Å². The van der Waals surface area contributed by atoms with Gasteiger partial charge in [-0.2, -0.15) is 0 Å². The van der Waals surface area contributed by atoms with Crippen molar-refractivity contribution < 1.29 is 19.2 Å². The van der Waals surface area contributed by atoms with Crippen molar-refractivity contribution >= 4 is 35.1 Å². The summed E-state index contributed by atoms with van der Waals surface area (Å²) in [6, 6.07) is 3.02. The van der Waals surface area contributed by atoms with Gasteiger partial charge in [0, 0.05) is 23.9 Å². The number of hydrogen-bond donors (Lipinski definition) is 1. The van der Waals surface area contributed by atoms with Crippen LogP contribution in [-0.2, 0) is 20.8 Å². The van der Waals surface area contributed by atoms with E-state index in [1.807, 2.05) is 31.4 Å². The van der Waals surface area contributed by atoms with Crippen molar-refractivity contribution in [3.8, 4) is 0 Å². The van der Waals surface area contributed by atoms with Crippen LogP contribution in [0.5, 0.6) is 0 Å². The van der Waals surface area contributed by atoms with Crippen LogP contribution < -0.4 is 5.32 Å². The van der Waals surface area contributed by atoms with Gasteiger partial charge in [0.25, 0.3) is 0 Å². The maximum atomic E-state index is 12.3. The van der Waals surface area contributed by atoms with Gasteiger partial charge in [0.1, 0.15) is 6.54 Å². The Kier molecular flexibility index (Phi) is 6.08. The lowest BCUT2D eigenvalue weighted by molar-refractivity contribution is -0.144. The van der Waals surface area contributed by atoms with E-state index < -0.39 is 30.3 Å². The number of carbonyl (C=O) groups is 4. The van der Waals surface area contributed by atoms with Crippen LogP contribution in [-0.4, -0.2) is 52.7 Å². The van der Waals surface area contributed by atoms with Crippen molar-refractivity contribution in [3.05, 3.63) is 22.4 Å². The second-order valence-corrected chi connectivity index (χ2v) is 6.75. The molecule has 2 heterocycles. The van der Waals surface area contributed by atoms with E-state index in [4.69, 9.17) is 0 Å². The van der Waals surface area contributed by atoms with Crippen molar-refractivity contribution in [2.75, 3.05) is 13.1 Å². The van der Waals surface area contributed by atoms with E-state index in [2.05, 4.69) is 5.32 Å². The van der Waals surface area contributed by atoms with Gasteiger partial charge >= 0.3 is 17.8 Å². The van der Waals surface area contributed by atoms with Gasteiger partial charge in [-0.3, -0.25) is 19.3 Å². The maximum Gasteiger partial charge on any atom is 0.334 e. The number of thiophene rings is 1. The molecule has 1 aliphatic rings. The quantitative estimate of drug-likeness (QED) is 0.566. The molecule has 1 aromatic rings. The largest absolute Gasteiger partial charge is 0.352 e. The maximum absolute atomic E-state index is 12.3. The van der Waals surface area contributed by atoms with Gasteiger partial charge in [-0.15, -0.1) is 11.3 Å². The standard InChI is InChI=1S/C16H21N3O4S/c1-3-5-11(2)17-13(20)10-19-15(22)14(21)18(16(19)23)8-7-12-6-4-9-24-12/h4,6,9,11H,3,5,7-8,10H2,1-2H3,(H,17,20)/t11-/m0/s1. The molecule has 0 aliphatic carbocycles. The van der Waals surface area contributed by atoms with Gasteiger partial charge < -0.3 is 5.32 Å². The van der Waals surface area contributed by atoms with E-state index in [1.165, 1.54) is 11.3 Å². The van der Waals surface area contributed by atoms with Crippen LogP contribution in [0.2, 0.25) is 0 Å². The van der Waals surface area contributed by atoms with E-state index in [0.29, 0.717) is 11.3 Å². The summed E-state index contributed by atoms with van der Waals surface area (Å²) in [6.45, 7) is 3.56. The molecule has 2 rings (SSSR count). The number of nitrogens with one attached hydrogen (secondary N) is 1. The van der Waals surface area contributed by atoms with E-state index >= 15 is 0 Å². The highest BCUT2D eigenvalue weighted by atomic mass is 32.1. The molecule has 0 radical (unpaired) electrons. The number of nitrogens with zero attached hydrogens (tertiary/aromatic N) is 2. The van der Waals surface area contributed by atoms with Gasteiger partial charge in [-0.05, 0) is 24.8 Å². The Balaban J connectivity index is 1.94. The van der Waals surface area contributed by atoms with Gasteiger partial charge in [0.2, 0.25) is 5.91 Å². The van der Waals surface area contributed by atoms with Crippen LogP contribution in [0.1, 0.15) is 31.6 Å². The summed E-state index contributed by atoms with van der Waals surface area (Å²) in [5.74, 6) is -2.25. The van der Waals surface area contributed by atoms with Gasteiger partial charge in [-0.25, -0.2) is 9.69 Å². The summed E-state index contributed by atoms with van der Waals surface area (Å²) < 4.78 is 0. The third kappa shape index (κ3) is 4.19. The minimum atomic E-state index is -0.940. The first-order chi connectivity index (χ1) is 11.4. The fourth-order valence-electron chi connectivity index (χ4n) is 2.53. The highest BCUT2D eigenvalue weighted by Crippen LogP contribution is 2.15. The zero-order valence-electron chi connectivity index (χ0n) is 13.8. The van der Waals surface area contributed by atoms with E-state index in [0.717, 1.165) is 22.6 Å². The summed E-state index contributed by atoms with van der Waals surface area (Å²) >= 11 is 1.52. The molecule has 24 heavy (non-hydrogen) atoms. The lowest BCUT2D eigenvalue weighted by atomic mass is 10.2. The van der Waals surface area contributed by atoms with Crippen LogP contribution in [0.3, 0.4) is 0 Å². The van der Waals surface area contributed by atoms with Crippen LogP contribution >= 0.6 is 11.3 Å². The van der Waals surface area contributed by atoms with Gasteiger partial charge in [0.15, 0.2) is 0 Å². The second kappa shape index (κ2) is 8.05. The molecular weight excluding hydrogens is 330 g/mol. The van der Waals surface area contributed by atoms with Crippen molar-refractivity contribution in [2.45, 2.75) is 39.2 Å². The molecule has 0 saturated carbocycles. The molecule has 5 amide bonds. The molecule has 130 valence electrons. The fraction of sp³-hybridized carbons (Fsp3) is 0.500. The van der Waals surface area contributed by atoms with E-state index in [-0.39, 0.29) is 12.6 Å². The number of hydrogen-bond acceptors (Lipinski definition) is 5. The number of urea groups is 1. The molecule has 0 aromatic carbocycles. The summed E-state index contributed by atoms with van der Waals surface area (Å²) in [7, 11) is 0. The van der Waals surface area contributed by atoms with Crippen LogP contribution in [0, 0.1) is 0 Å². The van der Waals surface area contributed by atoms with Crippen molar-refractivity contribution in [1.29, 1.82) is 0 Å². The minimum absolute atomic E-state index is 0.0408. The monoisotopic (exact) mass is 351 g/mol. The highest BCUT2D eigenvalue weighted by molar-refractivity contribution is 7.09. The minimum Gasteiger partial charge on any atom is -0.352 e. The Hall–Kier alpha value is -2.22. The average molecular weight is 351 g/mol. The molecule has 1 fully saturated rings. The molecule has 0 bridgehead atoms. The van der Waals surface area contributed by atoms with E-state index in [1.54, 1.807) is 0 Å². The third-order valence-electron chi connectivity index (χ3n) is 3.73. The first kappa shape index (κ1) is 18.1. The number of rotatable bonds is 8. The first-order valence-electron chi connectivity index (χ1n) is 7.93. The molecule has 1 atom stereocenters. The van der Waals surface area contributed by atoms with Crippen LogP contribution in [0.4, 0.5) is 4.79 Å². The van der Waals surface area contributed by atoms with Crippen molar-refractivity contribution in [2.24, 2.45) is 0 Å². The number of carbonyl (C=O) groups excluding carboxylic acids is 4. The van der Waals surface area contributed by atoms with Crippen LogP contribution in [0.25, 0.3) is 0 Å². The lowest BCUT2D eigenvalue weighted by Crippen LogP contribution is -2.44. The van der Waals surface area contributed by atoms with E-state index in [9.17, 15) is 19.2 Å². The zero-order chi connectivity index (χ0) is 17.7. The molecular formula is C16H21N3O4S. The van der Waals surface area contributed by atoms with Gasteiger partial charge in [-0.1, -0.05) is 19.4 Å². The molecule has 1 aromatic heterocycles. The number of amides is 5. The highest BCUT2D eigenvalue weighted by Gasteiger charge is 2.44. The average Bonchev–Trinajstić information content (AvgIpc) is 3.10. The predicted octanol–water partition coefficient (Wildman–Crippen LogP) is 1.39. The molecule has 1 saturated heterocycles. The Morgan fingerprint density at radius 3 is 2.58 bits per heavy atom. The summed E-state index contributed by atoms with van der Waals surface area (Å²) in [5.41, 5.74) is 0. The topological polar surface area (TPSA) is 86.8 Å². The Labute approximate surface area is 144 Å². The SMILES string of the molecule is CCC[C@H](C)NC(=O)CN1C(=O)C(=O)N(CCc2cccs2)C1=O. The molecule has 0 spiro atoms.